The normalized spacial score (nSPS) is 12.2. The van der Waals surface area contributed by atoms with E-state index in [1.54, 1.807) is 0 Å². The molecular formula is C7H2N6O4. The van der Waals surface area contributed by atoms with Crippen LogP contribution in [-0.2, 0) is 0 Å². The molecule has 1 N–H and O–H groups in total. The highest BCUT2D eigenvalue weighted by Crippen LogP contribution is 1.83. The van der Waals surface area contributed by atoms with E-state index in [9.17, 15) is 14.4 Å². The first-order valence-electron chi connectivity index (χ1n) is 3.91. The van der Waals surface area contributed by atoms with Crippen LogP contribution in [0.1, 0.15) is 10.4 Å². The Balaban J connectivity index is 4.16. The minimum absolute atomic E-state index is 0.505. The van der Waals surface area contributed by atoms with Gasteiger partial charge in [0.1, 0.15) is 0 Å². The van der Waals surface area contributed by atoms with Gasteiger partial charge in [0.2, 0.25) is 10.9 Å². The molecule has 10 heteroatoms. The number of nitrogens with zero attached hydrogens (tertiary/aromatic N) is 6. The van der Waals surface area contributed by atoms with Crippen LogP contribution in [0.3, 0.4) is 0 Å². The third-order valence-electron chi connectivity index (χ3n) is 1.71. The van der Waals surface area contributed by atoms with Crippen molar-refractivity contribution in [3.8, 4) is 0 Å². The van der Waals surface area contributed by atoms with Gasteiger partial charge in [-0.1, -0.05) is 0 Å². The van der Waals surface area contributed by atoms with Gasteiger partial charge >= 0.3 is 11.1 Å². The van der Waals surface area contributed by atoms with Gasteiger partial charge < -0.3 is 15.7 Å². The largest absolute Gasteiger partial charge is 0.478 e. The van der Waals surface area contributed by atoms with Crippen LogP contribution in [0.5, 0.6) is 0 Å². The molecule has 0 unspecified atom stereocenters. The van der Waals surface area contributed by atoms with Gasteiger partial charge in [-0.2, -0.15) is 0 Å². The van der Waals surface area contributed by atoms with Crippen molar-refractivity contribution in [1.82, 2.24) is 0 Å². The van der Waals surface area contributed by atoms with Crippen molar-refractivity contribution < 1.29 is 9.90 Å². The van der Waals surface area contributed by atoms with E-state index in [1.165, 1.54) is 0 Å². The van der Waals surface area contributed by atoms with E-state index >= 15 is 0 Å². The predicted octanol–water partition coefficient (Wildman–Crippen LogP) is -1.51. The molecule has 0 aliphatic rings. The fourth-order valence-corrected chi connectivity index (χ4v) is 1.06. The Morgan fingerprint density at radius 3 is 2.53 bits per heavy atom. The molecule has 0 radical (unpaired) electrons. The highest BCUT2D eigenvalue weighted by Gasteiger charge is 2.14. The Bertz CT molecular complexity index is 749. The maximum atomic E-state index is 11.3. The van der Waals surface area contributed by atoms with Gasteiger partial charge in [-0.3, -0.25) is 14.8 Å². The van der Waals surface area contributed by atoms with Gasteiger partial charge in [0.25, 0.3) is 5.39 Å². The lowest BCUT2D eigenvalue weighted by molar-refractivity contribution is 0.0695. The second-order valence-electron chi connectivity index (χ2n) is 2.63. The number of hydrogen-bond acceptors (Lipinski definition) is 6. The molecule has 0 spiro atoms. The molecule has 1 aromatic carbocycles. The van der Waals surface area contributed by atoms with E-state index in [-0.39, 0.29) is 0 Å². The summed E-state index contributed by atoms with van der Waals surface area (Å²) in [4.78, 5) is 33.1. The van der Waals surface area contributed by atoms with Crippen LogP contribution in [-0.4, -0.2) is 11.1 Å². The molecule has 0 amide bonds. The zero-order valence-corrected chi connectivity index (χ0v) is 7.93. The SMILES string of the molecule is N#[N+]N=c1c(C(=O)O)cc(=O)c(=O)c1=NN=[N-]. The smallest absolute Gasteiger partial charge is 0.339 e. The molecule has 1 rings (SSSR count). The van der Waals surface area contributed by atoms with E-state index in [2.05, 4.69) is 20.5 Å². The molecule has 0 aromatic heterocycles. The second kappa shape index (κ2) is 4.62. The summed E-state index contributed by atoms with van der Waals surface area (Å²) in [7, 11) is 0. The second-order valence-corrected chi connectivity index (χ2v) is 2.63. The zero-order valence-electron chi connectivity index (χ0n) is 7.93. The summed E-state index contributed by atoms with van der Waals surface area (Å²) >= 11 is 0. The molecule has 0 heterocycles. The fraction of sp³-hybridized carbons (Fsp3) is 0. The summed E-state index contributed by atoms with van der Waals surface area (Å²) in [5.41, 5.74) is 5.10. The van der Waals surface area contributed by atoms with Crippen molar-refractivity contribution in [2.45, 2.75) is 0 Å². The number of carbonyl (C=O) groups is 1. The Labute approximate surface area is 91.0 Å². The van der Waals surface area contributed by atoms with Crippen LogP contribution in [0.4, 0.5) is 0 Å². The van der Waals surface area contributed by atoms with Crippen LogP contribution in [0.2, 0.25) is 0 Å². The van der Waals surface area contributed by atoms with Crippen LogP contribution in [0, 0.1) is 5.39 Å². The Morgan fingerprint density at radius 2 is 2.06 bits per heavy atom. The number of diazo groups is 1. The number of carboxylic acids is 1. The lowest BCUT2D eigenvalue weighted by atomic mass is 10.2. The number of aromatic carboxylic acids is 1. The van der Waals surface area contributed by atoms with Crippen LogP contribution in [0.25, 0.3) is 10.6 Å². The van der Waals surface area contributed by atoms with E-state index in [1.807, 2.05) is 0 Å². The summed E-state index contributed by atoms with van der Waals surface area (Å²) in [5, 5.41) is 25.8. The van der Waals surface area contributed by atoms with Crippen molar-refractivity contribution >= 4 is 5.97 Å². The van der Waals surface area contributed by atoms with Crippen LogP contribution in [0.15, 0.2) is 31.1 Å². The van der Waals surface area contributed by atoms with Gasteiger partial charge in [-0.25, -0.2) is 4.79 Å². The van der Waals surface area contributed by atoms with Gasteiger partial charge in [-0.15, -0.1) is 0 Å². The Hall–Kier alpha value is -3.09. The topological polar surface area (TPSA) is 159 Å². The number of hydrogen-bond donors (Lipinski definition) is 1. The zero-order chi connectivity index (χ0) is 13.0. The summed E-state index contributed by atoms with van der Waals surface area (Å²) in [5.74, 6) is -1.58. The average molecular weight is 234 g/mol. The molecule has 0 atom stereocenters. The molecule has 0 aliphatic carbocycles. The Morgan fingerprint density at radius 1 is 1.41 bits per heavy atom. The van der Waals surface area contributed by atoms with E-state index in [4.69, 9.17) is 16.0 Å². The third-order valence-corrected chi connectivity index (χ3v) is 1.71. The van der Waals surface area contributed by atoms with Crippen molar-refractivity contribution in [3.05, 3.63) is 53.4 Å². The number of benzene rings is 1. The lowest BCUT2D eigenvalue weighted by Crippen LogP contribution is -2.49. The first-order chi connectivity index (χ1) is 8.02. The highest BCUT2D eigenvalue weighted by molar-refractivity contribution is 5.87. The molecule has 0 bridgehead atoms. The Kier molecular flexibility index (Phi) is 3.26. The minimum atomic E-state index is -1.58. The quantitative estimate of drug-likeness (QED) is 0.284. The molecule has 0 saturated heterocycles. The summed E-state index contributed by atoms with van der Waals surface area (Å²) < 4.78 is 0. The van der Waals surface area contributed by atoms with Crippen molar-refractivity contribution in [3.63, 3.8) is 0 Å². The highest BCUT2D eigenvalue weighted by atomic mass is 16.4. The predicted molar refractivity (Wildman–Crippen MR) is 50.3 cm³/mol. The van der Waals surface area contributed by atoms with E-state index in [0.717, 1.165) is 0 Å². The molecule has 0 fully saturated rings. The van der Waals surface area contributed by atoms with Crippen molar-refractivity contribution in [2.75, 3.05) is 0 Å². The third kappa shape index (κ3) is 2.12. The van der Waals surface area contributed by atoms with Crippen LogP contribution >= 0.6 is 0 Å². The molecule has 0 aliphatic heterocycles. The molecule has 17 heavy (non-hydrogen) atoms. The van der Waals surface area contributed by atoms with Gasteiger partial charge in [-0.05, 0) is 0 Å². The summed E-state index contributed by atoms with van der Waals surface area (Å²) in [6, 6.07) is 0.505. The number of rotatable bonds is 2. The summed E-state index contributed by atoms with van der Waals surface area (Å²) in [6.45, 7) is 0. The van der Waals surface area contributed by atoms with Crippen molar-refractivity contribution in [2.24, 2.45) is 15.4 Å². The average Bonchev–Trinajstić information content (AvgIpc) is 2.28. The van der Waals surface area contributed by atoms with Gasteiger partial charge in [0.15, 0.2) is 10.5 Å². The standard InChI is InChI=1S/C7H2N6O4/c8-12-10-4-2(7(16)17)1-3(14)6(15)5(4)11-13-9/h1H,(H,16,17). The first-order valence-corrected chi connectivity index (χ1v) is 3.91. The minimum Gasteiger partial charge on any atom is -0.478 e. The number of carboxylic acid groups (broad SMARTS) is 1. The lowest BCUT2D eigenvalue weighted by Gasteiger charge is -1.93. The monoisotopic (exact) mass is 234 g/mol. The maximum Gasteiger partial charge on any atom is 0.339 e. The maximum absolute atomic E-state index is 11.3. The van der Waals surface area contributed by atoms with Gasteiger partial charge in [0, 0.05) is 6.07 Å². The van der Waals surface area contributed by atoms with E-state index < -0.39 is 33.1 Å². The van der Waals surface area contributed by atoms with Gasteiger partial charge in [0.05, 0.1) is 10.9 Å². The molecule has 10 nitrogen and oxygen atoms in total. The molecule has 1 aromatic rings. The summed E-state index contributed by atoms with van der Waals surface area (Å²) in [6.07, 6.45) is 0. The fourth-order valence-electron chi connectivity index (χ4n) is 1.06. The molecule has 84 valence electrons. The molecular weight excluding hydrogens is 232 g/mol. The van der Waals surface area contributed by atoms with Crippen molar-refractivity contribution in [1.29, 1.82) is 5.39 Å². The van der Waals surface area contributed by atoms with Crippen LogP contribution < -0.4 is 21.6 Å². The molecule has 0 saturated carbocycles. The van der Waals surface area contributed by atoms with E-state index in [0.29, 0.717) is 6.07 Å². The first kappa shape index (κ1) is 12.0.